The summed E-state index contributed by atoms with van der Waals surface area (Å²) in [5.74, 6) is -1.01. The van der Waals surface area contributed by atoms with Crippen LogP contribution < -0.4 is 0 Å². The van der Waals surface area contributed by atoms with Crippen molar-refractivity contribution in [3.8, 4) is 0 Å². The Balaban J connectivity index is 3.13. The van der Waals surface area contributed by atoms with Gasteiger partial charge in [-0.3, -0.25) is 0 Å². The summed E-state index contributed by atoms with van der Waals surface area (Å²) in [6, 6.07) is 0. The minimum atomic E-state index is -1.01. The third kappa shape index (κ3) is 5.95. The lowest BCUT2D eigenvalue weighted by Gasteiger charge is -1.90. The second-order valence-corrected chi connectivity index (χ2v) is 2.92. The molecule has 0 spiro atoms. The number of rotatable bonds is 2. The number of halogens is 1. The molecule has 41 valence electrons. The third-order valence-corrected chi connectivity index (χ3v) is 0.772. The van der Waals surface area contributed by atoms with Gasteiger partial charge in [0, 0.05) is 4.83 Å². The molecule has 0 amide bonds. The van der Waals surface area contributed by atoms with Gasteiger partial charge in [-0.25, -0.2) is 9.90 Å². The molecule has 0 aliphatic carbocycles. The van der Waals surface area contributed by atoms with Crippen LogP contribution >= 0.6 is 15.9 Å². The first-order valence-electron chi connectivity index (χ1n) is 1.97. The predicted molar refractivity (Wildman–Crippen MR) is 28.7 cm³/mol. The van der Waals surface area contributed by atoms with Crippen molar-refractivity contribution in [1.29, 1.82) is 0 Å². The molecule has 0 fully saturated rings. The highest BCUT2D eigenvalue weighted by Crippen LogP contribution is 2.01. The second kappa shape index (κ2) is 3.02. The van der Waals surface area contributed by atoms with Crippen molar-refractivity contribution in [2.45, 2.75) is 18.2 Å². The van der Waals surface area contributed by atoms with Gasteiger partial charge in [0.15, 0.2) is 0 Å². The van der Waals surface area contributed by atoms with E-state index in [1.165, 1.54) is 0 Å². The minimum absolute atomic E-state index is 0.0255. The van der Waals surface area contributed by atoms with E-state index >= 15 is 0 Å². The molecule has 0 aliphatic rings. The van der Waals surface area contributed by atoms with Gasteiger partial charge >= 0.3 is 5.97 Å². The standard InChI is InChI=1S/C4H6BrO2/c1-3(5)2-4(6)7/h3H,2H2,1H3. The van der Waals surface area contributed by atoms with Gasteiger partial charge in [0.2, 0.25) is 0 Å². The minimum Gasteiger partial charge on any atom is -0.247 e. The van der Waals surface area contributed by atoms with E-state index in [4.69, 9.17) is 0 Å². The largest absolute Gasteiger partial charge is 0.356 e. The molecule has 0 aromatic rings. The van der Waals surface area contributed by atoms with Crippen LogP contribution in [0.5, 0.6) is 0 Å². The highest BCUT2D eigenvalue weighted by atomic mass is 79.9. The summed E-state index contributed by atoms with van der Waals surface area (Å²) in [6.07, 6.45) is 0.0833. The number of hydrogen-bond donors (Lipinski definition) is 0. The zero-order chi connectivity index (χ0) is 5.86. The molecular weight excluding hydrogens is 160 g/mol. The van der Waals surface area contributed by atoms with Crippen LogP contribution in [-0.4, -0.2) is 10.8 Å². The van der Waals surface area contributed by atoms with Gasteiger partial charge in [0.25, 0.3) is 0 Å². The molecule has 1 radical (unpaired) electrons. The van der Waals surface area contributed by atoms with Crippen LogP contribution in [0.4, 0.5) is 0 Å². The van der Waals surface area contributed by atoms with Crippen LogP contribution in [0.3, 0.4) is 0 Å². The zero-order valence-corrected chi connectivity index (χ0v) is 5.56. The van der Waals surface area contributed by atoms with Gasteiger partial charge in [-0.1, -0.05) is 22.9 Å². The summed E-state index contributed by atoms with van der Waals surface area (Å²) in [6.45, 7) is 1.76. The summed E-state index contributed by atoms with van der Waals surface area (Å²) in [5, 5.41) is 9.67. The number of carbonyl (C=O) groups excluding carboxylic acids is 1. The Morgan fingerprint density at radius 2 is 2.29 bits per heavy atom. The van der Waals surface area contributed by atoms with E-state index in [1.54, 1.807) is 6.92 Å². The molecule has 1 atom stereocenters. The van der Waals surface area contributed by atoms with E-state index < -0.39 is 5.97 Å². The highest BCUT2D eigenvalue weighted by molar-refractivity contribution is 9.09. The van der Waals surface area contributed by atoms with Crippen molar-refractivity contribution in [1.82, 2.24) is 0 Å². The number of carbonyl (C=O) groups is 1. The molecule has 2 nitrogen and oxygen atoms in total. The molecule has 0 rings (SSSR count). The van der Waals surface area contributed by atoms with E-state index in [1.807, 2.05) is 0 Å². The molecule has 0 aromatic heterocycles. The maximum Gasteiger partial charge on any atom is 0.356 e. The molecule has 0 heterocycles. The SMILES string of the molecule is CC(Br)CC([O])=O. The van der Waals surface area contributed by atoms with E-state index in [9.17, 15) is 9.90 Å². The van der Waals surface area contributed by atoms with Crippen molar-refractivity contribution in [2.75, 3.05) is 0 Å². The van der Waals surface area contributed by atoms with Gasteiger partial charge in [0.05, 0.1) is 6.42 Å². The highest BCUT2D eigenvalue weighted by Gasteiger charge is 2.02. The van der Waals surface area contributed by atoms with Crippen LogP contribution in [0.25, 0.3) is 0 Å². The van der Waals surface area contributed by atoms with E-state index in [0.29, 0.717) is 0 Å². The predicted octanol–water partition coefficient (Wildman–Crippen LogP) is 1.12. The fraction of sp³-hybridized carbons (Fsp3) is 0.750. The van der Waals surface area contributed by atoms with Gasteiger partial charge in [-0.15, -0.1) is 0 Å². The smallest absolute Gasteiger partial charge is 0.247 e. The van der Waals surface area contributed by atoms with Crippen LogP contribution in [0.1, 0.15) is 13.3 Å². The van der Waals surface area contributed by atoms with Crippen LogP contribution in [0, 0.1) is 0 Å². The Morgan fingerprint density at radius 3 is 2.29 bits per heavy atom. The van der Waals surface area contributed by atoms with Crippen molar-refractivity contribution >= 4 is 21.9 Å². The maximum atomic E-state index is 9.67. The molecule has 1 unspecified atom stereocenters. The topological polar surface area (TPSA) is 37.0 Å². The summed E-state index contributed by atoms with van der Waals surface area (Å²) in [7, 11) is 0. The quantitative estimate of drug-likeness (QED) is 0.566. The van der Waals surface area contributed by atoms with Gasteiger partial charge in [0.1, 0.15) is 0 Å². The first-order chi connectivity index (χ1) is 3.13. The van der Waals surface area contributed by atoms with E-state index in [-0.39, 0.29) is 11.2 Å². The lowest BCUT2D eigenvalue weighted by atomic mass is 10.3. The number of hydrogen-bond acceptors (Lipinski definition) is 1. The molecule has 0 aliphatic heterocycles. The lowest BCUT2D eigenvalue weighted by Crippen LogP contribution is -1.99. The first kappa shape index (κ1) is 6.95. The molecule has 0 N–H and O–H groups in total. The Bertz CT molecular complexity index is 70.1. The van der Waals surface area contributed by atoms with Crippen molar-refractivity contribution in [3.05, 3.63) is 0 Å². The molecule has 0 saturated heterocycles. The molecule has 0 aromatic carbocycles. The molecule has 7 heavy (non-hydrogen) atoms. The Hall–Kier alpha value is -0.0500. The average Bonchev–Trinajstić information content (AvgIpc) is 1.27. The normalized spacial score (nSPS) is 13.4. The Kier molecular flexibility index (Phi) is 3.00. The fourth-order valence-corrected chi connectivity index (χ4v) is 0.494. The summed E-state index contributed by atoms with van der Waals surface area (Å²) in [5.41, 5.74) is 0. The number of alkyl halides is 1. The van der Waals surface area contributed by atoms with Crippen molar-refractivity contribution < 1.29 is 9.90 Å². The summed E-state index contributed by atoms with van der Waals surface area (Å²) >= 11 is 3.05. The zero-order valence-electron chi connectivity index (χ0n) is 3.98. The average molecular weight is 166 g/mol. The third-order valence-electron chi connectivity index (χ3n) is 0.448. The van der Waals surface area contributed by atoms with E-state index in [2.05, 4.69) is 15.9 Å². The van der Waals surface area contributed by atoms with Crippen LogP contribution in [0.2, 0.25) is 0 Å². The second-order valence-electron chi connectivity index (χ2n) is 1.36. The maximum absolute atomic E-state index is 9.67. The van der Waals surface area contributed by atoms with Crippen molar-refractivity contribution in [3.63, 3.8) is 0 Å². The van der Waals surface area contributed by atoms with Gasteiger partial charge in [-0.05, 0) is 0 Å². The summed E-state index contributed by atoms with van der Waals surface area (Å²) < 4.78 is 0. The van der Waals surface area contributed by atoms with Gasteiger partial charge in [-0.2, -0.15) is 0 Å². The molecule has 0 bridgehead atoms. The van der Waals surface area contributed by atoms with E-state index in [0.717, 1.165) is 0 Å². The summed E-state index contributed by atoms with van der Waals surface area (Å²) in [4.78, 5) is 9.69. The monoisotopic (exact) mass is 165 g/mol. The molecular formula is C4H6BrO2. The Labute approximate surface area is 50.7 Å². The lowest BCUT2D eigenvalue weighted by molar-refractivity contribution is -0.142. The van der Waals surface area contributed by atoms with Gasteiger partial charge < -0.3 is 0 Å². The Morgan fingerprint density at radius 1 is 1.86 bits per heavy atom. The van der Waals surface area contributed by atoms with Crippen LogP contribution in [0.15, 0.2) is 0 Å². The van der Waals surface area contributed by atoms with Crippen molar-refractivity contribution in [2.24, 2.45) is 0 Å². The fourth-order valence-electron chi connectivity index (χ4n) is 0.230. The van der Waals surface area contributed by atoms with Crippen LogP contribution in [-0.2, 0) is 9.90 Å². The molecule has 3 heteroatoms. The first-order valence-corrected chi connectivity index (χ1v) is 2.88. The molecule has 0 saturated carbocycles.